The van der Waals surface area contributed by atoms with Gasteiger partial charge in [-0.15, -0.1) is 0 Å². The van der Waals surface area contributed by atoms with Gasteiger partial charge in [-0.05, 0) is 57.4 Å². The molecule has 182 valence electrons. The Kier molecular flexibility index (Phi) is 6.28. The second kappa shape index (κ2) is 8.90. The Morgan fingerprint density at radius 1 is 1.24 bits per heavy atom. The first kappa shape index (κ1) is 24.0. The maximum Gasteiger partial charge on any atom is 0.272 e. The molecule has 0 atom stereocenters. The van der Waals surface area contributed by atoms with Crippen LogP contribution in [-0.2, 0) is 14.9 Å². The third kappa shape index (κ3) is 4.46. The van der Waals surface area contributed by atoms with Gasteiger partial charge in [-0.2, -0.15) is 0 Å². The Bertz CT molecular complexity index is 1120. The lowest BCUT2D eigenvalue weighted by atomic mass is 9.85. The largest absolute Gasteiger partial charge is 0.484 e. The molecule has 1 saturated heterocycles. The predicted octanol–water partition coefficient (Wildman–Crippen LogP) is 4.12. The first-order valence-corrected chi connectivity index (χ1v) is 11.0. The molecule has 10 heteroatoms. The van der Waals surface area contributed by atoms with Crippen LogP contribution in [0.15, 0.2) is 30.5 Å². The van der Waals surface area contributed by atoms with Gasteiger partial charge in [-0.1, -0.05) is 0 Å². The molecule has 0 spiro atoms. The van der Waals surface area contributed by atoms with Crippen LogP contribution in [0, 0.1) is 5.82 Å². The number of halogens is 3. The van der Waals surface area contributed by atoms with Gasteiger partial charge in [0.25, 0.3) is 12.3 Å². The summed E-state index contributed by atoms with van der Waals surface area (Å²) in [5.74, 6) is -1.91. The summed E-state index contributed by atoms with van der Waals surface area (Å²) < 4.78 is 49.3. The van der Waals surface area contributed by atoms with Crippen LogP contribution >= 0.6 is 0 Å². The standard InChI is InChI=1S/C24H26F3N3O4/c1-23(2)15-10-14(21(31)29-24(3)6-8-33-9-7-24)4-5-17(15)30(22(23)32)20-11-18(16(25)12-28-20)34-13-19(26)27/h4-5,10-12,19H,6-9,13H2,1-3H3,(H,29,31). The Morgan fingerprint density at radius 3 is 2.62 bits per heavy atom. The molecule has 4 rings (SSSR count). The van der Waals surface area contributed by atoms with Crippen molar-refractivity contribution in [2.75, 3.05) is 24.7 Å². The summed E-state index contributed by atoms with van der Waals surface area (Å²) in [6, 6.07) is 6.03. The third-order valence-electron chi connectivity index (χ3n) is 6.32. The number of amides is 2. The number of ether oxygens (including phenoxy) is 2. The summed E-state index contributed by atoms with van der Waals surface area (Å²) in [5.41, 5.74) is 0.0977. The van der Waals surface area contributed by atoms with E-state index in [0.717, 1.165) is 12.3 Å². The van der Waals surface area contributed by atoms with Crippen molar-refractivity contribution in [1.82, 2.24) is 10.3 Å². The Morgan fingerprint density at radius 2 is 1.94 bits per heavy atom. The highest BCUT2D eigenvalue weighted by molar-refractivity contribution is 6.12. The molecule has 2 aliphatic heterocycles. The van der Waals surface area contributed by atoms with Crippen molar-refractivity contribution >= 4 is 23.3 Å². The zero-order chi connectivity index (χ0) is 24.7. The van der Waals surface area contributed by atoms with E-state index in [-0.39, 0.29) is 23.2 Å². The fraction of sp³-hybridized carbons (Fsp3) is 0.458. The molecule has 2 aliphatic rings. The molecule has 0 radical (unpaired) electrons. The number of nitrogens with one attached hydrogen (secondary N) is 1. The fourth-order valence-electron chi connectivity index (χ4n) is 4.19. The van der Waals surface area contributed by atoms with Crippen LogP contribution in [0.25, 0.3) is 0 Å². The number of carbonyl (C=O) groups excluding carboxylic acids is 2. The van der Waals surface area contributed by atoms with E-state index in [1.165, 1.54) is 4.90 Å². The second-order valence-electron chi connectivity index (χ2n) is 9.30. The van der Waals surface area contributed by atoms with Gasteiger partial charge in [0, 0.05) is 30.4 Å². The van der Waals surface area contributed by atoms with Gasteiger partial charge in [0.15, 0.2) is 11.6 Å². The molecule has 7 nitrogen and oxygen atoms in total. The molecule has 1 N–H and O–H groups in total. The zero-order valence-electron chi connectivity index (χ0n) is 19.2. The van der Waals surface area contributed by atoms with E-state index in [9.17, 15) is 22.8 Å². The lowest BCUT2D eigenvalue weighted by Crippen LogP contribution is -2.49. The molecule has 1 fully saturated rings. The Hall–Kier alpha value is -3.14. The maximum absolute atomic E-state index is 14.0. The number of benzene rings is 1. The summed E-state index contributed by atoms with van der Waals surface area (Å²) in [4.78, 5) is 31.6. The summed E-state index contributed by atoms with van der Waals surface area (Å²) in [5, 5.41) is 3.07. The van der Waals surface area contributed by atoms with Gasteiger partial charge in [0.1, 0.15) is 12.4 Å². The highest BCUT2D eigenvalue weighted by Crippen LogP contribution is 2.45. The molecule has 0 bridgehead atoms. The summed E-state index contributed by atoms with van der Waals surface area (Å²) in [7, 11) is 0. The number of rotatable bonds is 6. The van der Waals surface area contributed by atoms with Crippen molar-refractivity contribution in [2.45, 2.75) is 51.0 Å². The van der Waals surface area contributed by atoms with E-state index in [4.69, 9.17) is 9.47 Å². The average molecular weight is 477 g/mol. The summed E-state index contributed by atoms with van der Waals surface area (Å²) in [6.45, 7) is 5.57. The molecule has 34 heavy (non-hydrogen) atoms. The number of aromatic nitrogens is 1. The van der Waals surface area contributed by atoms with Crippen LogP contribution < -0.4 is 15.0 Å². The van der Waals surface area contributed by atoms with Gasteiger partial charge in [-0.25, -0.2) is 18.2 Å². The molecule has 1 aromatic heterocycles. The van der Waals surface area contributed by atoms with Crippen molar-refractivity contribution in [3.05, 3.63) is 47.4 Å². The normalized spacial score (nSPS) is 18.7. The van der Waals surface area contributed by atoms with Crippen molar-refractivity contribution < 1.29 is 32.2 Å². The lowest BCUT2D eigenvalue weighted by Gasteiger charge is -2.34. The maximum atomic E-state index is 14.0. The lowest BCUT2D eigenvalue weighted by molar-refractivity contribution is -0.121. The number of hydrogen-bond acceptors (Lipinski definition) is 5. The Labute approximate surface area is 195 Å². The molecule has 2 amide bonds. The van der Waals surface area contributed by atoms with Crippen molar-refractivity contribution in [2.24, 2.45) is 0 Å². The summed E-state index contributed by atoms with van der Waals surface area (Å²) >= 11 is 0. The molecule has 2 aromatic rings. The van der Waals surface area contributed by atoms with E-state index < -0.39 is 30.0 Å². The number of carbonyl (C=O) groups is 2. The minimum absolute atomic E-state index is 0.0365. The number of nitrogens with zero attached hydrogens (tertiary/aromatic N) is 2. The molecular weight excluding hydrogens is 451 g/mol. The highest BCUT2D eigenvalue weighted by atomic mass is 19.3. The minimum atomic E-state index is -2.78. The van der Waals surface area contributed by atoms with Crippen LogP contribution in [0.1, 0.15) is 49.5 Å². The second-order valence-corrected chi connectivity index (χ2v) is 9.30. The Balaban J connectivity index is 1.65. The van der Waals surface area contributed by atoms with Gasteiger partial charge >= 0.3 is 0 Å². The van der Waals surface area contributed by atoms with E-state index >= 15 is 0 Å². The van der Waals surface area contributed by atoms with Crippen molar-refractivity contribution in [3.8, 4) is 5.75 Å². The number of anilines is 2. The third-order valence-corrected chi connectivity index (χ3v) is 6.32. The van der Waals surface area contributed by atoms with Crippen LogP contribution in [0.2, 0.25) is 0 Å². The molecule has 3 heterocycles. The zero-order valence-corrected chi connectivity index (χ0v) is 19.2. The van der Waals surface area contributed by atoms with E-state index in [2.05, 4.69) is 10.3 Å². The van der Waals surface area contributed by atoms with Gasteiger partial charge < -0.3 is 14.8 Å². The van der Waals surface area contributed by atoms with Gasteiger partial charge in [0.05, 0.1) is 17.3 Å². The number of hydrogen-bond donors (Lipinski definition) is 1. The number of pyridine rings is 1. The summed E-state index contributed by atoms with van der Waals surface area (Å²) in [6.07, 6.45) is -0.552. The average Bonchev–Trinajstić information content (AvgIpc) is 2.98. The molecular formula is C24H26F3N3O4. The minimum Gasteiger partial charge on any atom is -0.484 e. The van der Waals surface area contributed by atoms with Crippen LogP contribution in [-0.4, -0.2) is 48.6 Å². The van der Waals surface area contributed by atoms with Crippen molar-refractivity contribution in [1.29, 1.82) is 0 Å². The smallest absolute Gasteiger partial charge is 0.272 e. The van der Waals surface area contributed by atoms with Gasteiger partial charge in [0.2, 0.25) is 5.91 Å². The monoisotopic (exact) mass is 477 g/mol. The quantitative estimate of drug-likeness (QED) is 0.677. The first-order valence-electron chi connectivity index (χ1n) is 11.0. The topological polar surface area (TPSA) is 80.8 Å². The predicted molar refractivity (Wildman–Crippen MR) is 118 cm³/mol. The van der Waals surface area contributed by atoms with Crippen LogP contribution in [0.5, 0.6) is 5.75 Å². The molecule has 0 saturated carbocycles. The van der Waals surface area contributed by atoms with E-state index in [0.29, 0.717) is 42.9 Å². The van der Waals surface area contributed by atoms with Crippen molar-refractivity contribution in [3.63, 3.8) is 0 Å². The SMILES string of the molecule is CC1(NC(=O)c2ccc3c(c2)C(C)(C)C(=O)N3c2cc(OCC(F)F)c(F)cn2)CCOCC1. The molecule has 1 aromatic carbocycles. The van der Waals surface area contributed by atoms with E-state index in [1.807, 2.05) is 6.92 Å². The highest BCUT2D eigenvalue weighted by Gasteiger charge is 2.45. The van der Waals surface area contributed by atoms with E-state index in [1.54, 1.807) is 32.0 Å². The fourth-order valence-corrected chi connectivity index (χ4v) is 4.19. The van der Waals surface area contributed by atoms with Crippen LogP contribution in [0.3, 0.4) is 0 Å². The number of alkyl halides is 2. The molecule has 0 unspecified atom stereocenters. The molecule has 0 aliphatic carbocycles. The van der Waals surface area contributed by atoms with Crippen LogP contribution in [0.4, 0.5) is 24.7 Å². The first-order chi connectivity index (χ1) is 16.0. The number of fused-ring (bicyclic) bond motifs is 1. The van der Waals surface area contributed by atoms with Gasteiger partial charge in [-0.3, -0.25) is 14.5 Å².